The third-order valence-electron chi connectivity index (χ3n) is 3.05. The first kappa shape index (κ1) is 14.1. The van der Waals surface area contributed by atoms with E-state index in [1.165, 1.54) is 0 Å². The van der Waals surface area contributed by atoms with Crippen molar-refractivity contribution in [2.45, 2.75) is 6.54 Å². The quantitative estimate of drug-likeness (QED) is 0.751. The summed E-state index contributed by atoms with van der Waals surface area (Å²) in [5, 5.41) is 12.0. The van der Waals surface area contributed by atoms with Crippen molar-refractivity contribution in [2.75, 3.05) is 5.32 Å². The standard InChI is InChI=1S/C15H12BrClN4/c16-13-6-5-12(17)9-11(13)10-18-14-3-1-2-4-15(14)21-8-7-19-20-21/h1-9,18H,10H2. The Morgan fingerprint density at radius 2 is 2.05 bits per heavy atom. The molecule has 2 aromatic carbocycles. The first-order valence-corrected chi connectivity index (χ1v) is 7.54. The molecule has 6 heteroatoms. The van der Waals surface area contributed by atoms with E-state index in [1.54, 1.807) is 10.9 Å². The number of para-hydroxylation sites is 2. The van der Waals surface area contributed by atoms with Crippen molar-refractivity contribution >= 4 is 33.2 Å². The summed E-state index contributed by atoms with van der Waals surface area (Å²) in [6, 6.07) is 13.7. The number of hydrogen-bond donors (Lipinski definition) is 1. The van der Waals surface area contributed by atoms with Crippen molar-refractivity contribution in [3.8, 4) is 5.69 Å². The number of anilines is 1. The molecule has 0 saturated heterocycles. The van der Waals surface area contributed by atoms with Crippen LogP contribution in [0.15, 0.2) is 59.3 Å². The van der Waals surface area contributed by atoms with E-state index in [1.807, 2.05) is 48.7 Å². The lowest BCUT2D eigenvalue weighted by atomic mass is 10.2. The van der Waals surface area contributed by atoms with Crippen LogP contribution in [0.25, 0.3) is 5.69 Å². The lowest BCUT2D eigenvalue weighted by Gasteiger charge is -2.12. The second-order valence-corrected chi connectivity index (χ2v) is 5.74. The average Bonchev–Trinajstić information content (AvgIpc) is 3.03. The molecule has 3 rings (SSSR count). The Balaban J connectivity index is 1.84. The van der Waals surface area contributed by atoms with Crippen molar-refractivity contribution in [3.05, 3.63) is 69.9 Å². The van der Waals surface area contributed by atoms with E-state index in [-0.39, 0.29) is 0 Å². The average molecular weight is 364 g/mol. The van der Waals surface area contributed by atoms with E-state index >= 15 is 0 Å². The summed E-state index contributed by atoms with van der Waals surface area (Å²) in [4.78, 5) is 0. The summed E-state index contributed by atoms with van der Waals surface area (Å²) in [7, 11) is 0. The van der Waals surface area contributed by atoms with Crippen LogP contribution in [0, 0.1) is 0 Å². The second kappa shape index (κ2) is 6.28. The highest BCUT2D eigenvalue weighted by Gasteiger charge is 2.06. The fraction of sp³-hybridized carbons (Fsp3) is 0.0667. The number of aromatic nitrogens is 3. The normalized spacial score (nSPS) is 10.6. The number of nitrogens with one attached hydrogen (secondary N) is 1. The molecule has 0 amide bonds. The molecule has 1 heterocycles. The van der Waals surface area contributed by atoms with Gasteiger partial charge in [-0.05, 0) is 35.9 Å². The van der Waals surface area contributed by atoms with Gasteiger partial charge in [-0.1, -0.05) is 44.9 Å². The highest BCUT2D eigenvalue weighted by Crippen LogP contribution is 2.24. The number of nitrogens with zero attached hydrogens (tertiary/aromatic N) is 3. The van der Waals surface area contributed by atoms with E-state index in [2.05, 4.69) is 31.6 Å². The zero-order valence-electron chi connectivity index (χ0n) is 11.0. The van der Waals surface area contributed by atoms with Gasteiger partial charge in [0.05, 0.1) is 23.8 Å². The summed E-state index contributed by atoms with van der Waals surface area (Å²) in [5.41, 5.74) is 3.03. The van der Waals surface area contributed by atoms with Crippen molar-refractivity contribution in [1.29, 1.82) is 0 Å². The number of benzene rings is 2. The highest BCUT2D eigenvalue weighted by atomic mass is 79.9. The summed E-state index contributed by atoms with van der Waals surface area (Å²) in [6.07, 6.45) is 3.47. The maximum Gasteiger partial charge on any atom is 0.0894 e. The first-order valence-electron chi connectivity index (χ1n) is 6.37. The molecule has 3 aromatic rings. The topological polar surface area (TPSA) is 42.7 Å². The molecule has 0 unspecified atom stereocenters. The maximum atomic E-state index is 6.04. The largest absolute Gasteiger partial charge is 0.379 e. The maximum absolute atomic E-state index is 6.04. The van der Waals surface area contributed by atoms with Gasteiger partial charge >= 0.3 is 0 Å². The molecule has 0 atom stereocenters. The van der Waals surface area contributed by atoms with Gasteiger partial charge in [-0.15, -0.1) is 5.10 Å². The molecular formula is C15H12BrClN4. The minimum Gasteiger partial charge on any atom is -0.379 e. The minimum absolute atomic E-state index is 0.660. The van der Waals surface area contributed by atoms with E-state index in [9.17, 15) is 0 Å². The van der Waals surface area contributed by atoms with Gasteiger partial charge in [0.25, 0.3) is 0 Å². The van der Waals surface area contributed by atoms with Crippen LogP contribution < -0.4 is 5.32 Å². The van der Waals surface area contributed by atoms with Crippen molar-refractivity contribution in [2.24, 2.45) is 0 Å². The molecule has 4 nitrogen and oxygen atoms in total. The van der Waals surface area contributed by atoms with Crippen molar-refractivity contribution in [3.63, 3.8) is 0 Å². The predicted molar refractivity (Wildman–Crippen MR) is 87.8 cm³/mol. The molecular weight excluding hydrogens is 352 g/mol. The van der Waals surface area contributed by atoms with Crippen LogP contribution in [0.1, 0.15) is 5.56 Å². The predicted octanol–water partition coefficient (Wildman–Crippen LogP) is 4.30. The first-order chi connectivity index (χ1) is 10.2. The highest BCUT2D eigenvalue weighted by molar-refractivity contribution is 9.10. The van der Waals surface area contributed by atoms with Gasteiger partial charge in [0, 0.05) is 16.0 Å². The summed E-state index contributed by atoms with van der Waals surface area (Å²) < 4.78 is 2.76. The molecule has 0 bridgehead atoms. The summed E-state index contributed by atoms with van der Waals surface area (Å²) >= 11 is 9.58. The SMILES string of the molecule is Clc1ccc(Br)c(CNc2ccccc2-n2ccnn2)c1. The van der Waals surface area contributed by atoms with Crippen LogP contribution >= 0.6 is 27.5 Å². The molecule has 21 heavy (non-hydrogen) atoms. The monoisotopic (exact) mass is 362 g/mol. The van der Waals surface area contributed by atoms with Crippen LogP contribution in [-0.2, 0) is 6.54 Å². The molecule has 0 aliphatic rings. The van der Waals surface area contributed by atoms with Crippen LogP contribution in [0.4, 0.5) is 5.69 Å². The molecule has 1 aromatic heterocycles. The Bertz CT molecular complexity index is 743. The van der Waals surface area contributed by atoms with E-state index < -0.39 is 0 Å². The van der Waals surface area contributed by atoms with Gasteiger partial charge in [0.2, 0.25) is 0 Å². The third-order valence-corrected chi connectivity index (χ3v) is 4.06. The molecule has 0 spiro atoms. The zero-order valence-corrected chi connectivity index (χ0v) is 13.3. The number of halogens is 2. The third kappa shape index (κ3) is 3.25. The van der Waals surface area contributed by atoms with Gasteiger partial charge in [-0.2, -0.15) is 0 Å². The van der Waals surface area contributed by atoms with E-state index in [0.717, 1.165) is 26.4 Å². The molecule has 1 N–H and O–H groups in total. The smallest absolute Gasteiger partial charge is 0.0894 e. The lowest BCUT2D eigenvalue weighted by Crippen LogP contribution is -2.05. The van der Waals surface area contributed by atoms with Crippen molar-refractivity contribution in [1.82, 2.24) is 15.0 Å². The summed E-state index contributed by atoms with van der Waals surface area (Å²) in [5.74, 6) is 0. The Labute approximate surface area is 135 Å². The van der Waals surface area contributed by atoms with Gasteiger partial charge in [-0.25, -0.2) is 4.68 Å². The van der Waals surface area contributed by atoms with Gasteiger partial charge in [-0.3, -0.25) is 0 Å². The molecule has 0 fully saturated rings. The number of hydrogen-bond acceptors (Lipinski definition) is 3. The van der Waals surface area contributed by atoms with E-state index in [0.29, 0.717) is 6.54 Å². The van der Waals surface area contributed by atoms with Crippen LogP contribution in [-0.4, -0.2) is 15.0 Å². The molecule has 0 radical (unpaired) electrons. The second-order valence-electron chi connectivity index (χ2n) is 4.45. The Hall–Kier alpha value is -1.85. The van der Waals surface area contributed by atoms with E-state index in [4.69, 9.17) is 11.6 Å². The molecule has 106 valence electrons. The van der Waals surface area contributed by atoms with Gasteiger partial charge in [0.15, 0.2) is 0 Å². The fourth-order valence-corrected chi connectivity index (χ4v) is 2.61. The Morgan fingerprint density at radius 1 is 1.19 bits per heavy atom. The Morgan fingerprint density at radius 3 is 2.86 bits per heavy atom. The molecule has 0 aliphatic heterocycles. The molecule has 0 aliphatic carbocycles. The lowest BCUT2D eigenvalue weighted by molar-refractivity contribution is 0.803. The number of rotatable bonds is 4. The molecule has 0 saturated carbocycles. The Kier molecular flexibility index (Phi) is 4.22. The van der Waals surface area contributed by atoms with Gasteiger partial charge < -0.3 is 5.32 Å². The van der Waals surface area contributed by atoms with Crippen LogP contribution in [0.5, 0.6) is 0 Å². The van der Waals surface area contributed by atoms with Crippen LogP contribution in [0.3, 0.4) is 0 Å². The van der Waals surface area contributed by atoms with Gasteiger partial charge in [0.1, 0.15) is 0 Å². The zero-order chi connectivity index (χ0) is 14.7. The summed E-state index contributed by atoms with van der Waals surface area (Å²) in [6.45, 7) is 0.660. The fourth-order valence-electron chi connectivity index (χ4n) is 2.03. The van der Waals surface area contributed by atoms with Crippen LogP contribution in [0.2, 0.25) is 5.02 Å². The van der Waals surface area contributed by atoms with Crippen molar-refractivity contribution < 1.29 is 0 Å². The minimum atomic E-state index is 0.660.